The minimum Gasteiger partial charge on any atom is -0.342 e. The van der Waals surface area contributed by atoms with Crippen LogP contribution in [0.5, 0.6) is 0 Å². The van der Waals surface area contributed by atoms with Crippen LogP contribution in [0, 0.1) is 6.92 Å². The molecule has 152 valence electrons. The van der Waals surface area contributed by atoms with Gasteiger partial charge in [-0.15, -0.1) is 0 Å². The monoisotopic (exact) mass is 399 g/mol. The van der Waals surface area contributed by atoms with Crippen LogP contribution in [-0.4, -0.2) is 26.1 Å². The Labute approximate surface area is 175 Å². The molecule has 0 saturated heterocycles. The van der Waals surface area contributed by atoms with Crippen LogP contribution in [0.25, 0.3) is 11.0 Å². The number of anilines is 1. The summed E-state index contributed by atoms with van der Waals surface area (Å²) in [7, 11) is 0. The Balaban J connectivity index is 1.22. The Bertz CT molecular complexity index is 1200. The summed E-state index contributed by atoms with van der Waals surface area (Å²) < 4.78 is 0. The molecule has 2 aromatic heterocycles. The molecule has 0 aliphatic heterocycles. The first-order chi connectivity index (χ1) is 14.7. The van der Waals surface area contributed by atoms with Crippen LogP contribution in [0.4, 0.5) is 5.69 Å². The second kappa shape index (κ2) is 7.78. The maximum Gasteiger partial charge on any atom is 0.276 e. The molecule has 3 N–H and O–H groups in total. The number of aryl methyl sites for hydroxylation is 4. The SMILES string of the molecule is Cc1ccc2nc(CCc3ccc(NC(=O)c4n[nH]c5c4CCCC5)cc3)[nH]c2c1. The summed E-state index contributed by atoms with van der Waals surface area (Å²) in [6.07, 6.45) is 5.92. The lowest BCUT2D eigenvalue weighted by Crippen LogP contribution is -2.15. The highest BCUT2D eigenvalue weighted by atomic mass is 16.1. The van der Waals surface area contributed by atoms with E-state index in [0.717, 1.165) is 72.3 Å². The highest BCUT2D eigenvalue weighted by Crippen LogP contribution is 2.23. The van der Waals surface area contributed by atoms with Crippen LogP contribution in [0.15, 0.2) is 42.5 Å². The van der Waals surface area contributed by atoms with Gasteiger partial charge >= 0.3 is 0 Å². The third-order valence-corrected chi connectivity index (χ3v) is 5.82. The van der Waals surface area contributed by atoms with Gasteiger partial charge in [0.2, 0.25) is 0 Å². The van der Waals surface area contributed by atoms with E-state index in [1.165, 1.54) is 11.1 Å². The average molecular weight is 399 g/mol. The van der Waals surface area contributed by atoms with Gasteiger partial charge in [0, 0.05) is 23.4 Å². The summed E-state index contributed by atoms with van der Waals surface area (Å²) in [5.41, 5.74) is 8.05. The second-order valence-corrected chi connectivity index (χ2v) is 8.09. The van der Waals surface area contributed by atoms with E-state index in [9.17, 15) is 4.79 Å². The van der Waals surface area contributed by atoms with Crippen LogP contribution in [-0.2, 0) is 25.7 Å². The molecule has 2 heterocycles. The highest BCUT2D eigenvalue weighted by molar-refractivity contribution is 6.04. The van der Waals surface area contributed by atoms with Gasteiger partial charge in [-0.3, -0.25) is 9.89 Å². The highest BCUT2D eigenvalue weighted by Gasteiger charge is 2.21. The minimum atomic E-state index is -0.139. The van der Waals surface area contributed by atoms with Gasteiger partial charge in [0.25, 0.3) is 5.91 Å². The number of H-pyrrole nitrogens is 2. The fraction of sp³-hybridized carbons (Fsp3) is 0.292. The molecule has 1 amide bonds. The van der Waals surface area contributed by atoms with Gasteiger partial charge in [-0.2, -0.15) is 5.10 Å². The Morgan fingerprint density at radius 3 is 2.77 bits per heavy atom. The zero-order valence-electron chi connectivity index (χ0n) is 17.1. The molecule has 0 atom stereocenters. The molecule has 2 aromatic carbocycles. The van der Waals surface area contributed by atoms with Crippen molar-refractivity contribution in [2.45, 2.75) is 45.4 Å². The summed E-state index contributed by atoms with van der Waals surface area (Å²) in [6, 6.07) is 14.3. The Kier molecular flexibility index (Phi) is 4.83. The number of aromatic nitrogens is 4. The summed E-state index contributed by atoms with van der Waals surface area (Å²) in [6.45, 7) is 2.08. The molecule has 0 saturated carbocycles. The molecule has 5 rings (SSSR count). The Hall–Kier alpha value is -3.41. The van der Waals surface area contributed by atoms with Crippen LogP contribution >= 0.6 is 0 Å². The maximum absolute atomic E-state index is 12.6. The van der Waals surface area contributed by atoms with Crippen molar-refractivity contribution >= 4 is 22.6 Å². The molecular formula is C24H25N5O. The number of nitrogens with zero attached hydrogens (tertiary/aromatic N) is 2. The van der Waals surface area contributed by atoms with E-state index in [4.69, 9.17) is 0 Å². The van der Waals surface area contributed by atoms with Gasteiger partial charge in [0.05, 0.1) is 11.0 Å². The first kappa shape index (κ1) is 18.6. The number of imidazole rings is 1. The first-order valence-corrected chi connectivity index (χ1v) is 10.6. The number of benzene rings is 2. The Morgan fingerprint density at radius 1 is 1.07 bits per heavy atom. The third-order valence-electron chi connectivity index (χ3n) is 5.82. The lowest BCUT2D eigenvalue weighted by Gasteiger charge is -2.11. The van der Waals surface area contributed by atoms with Crippen molar-refractivity contribution in [1.82, 2.24) is 20.2 Å². The van der Waals surface area contributed by atoms with E-state index in [1.54, 1.807) is 0 Å². The molecule has 4 aromatic rings. The van der Waals surface area contributed by atoms with Crippen LogP contribution < -0.4 is 5.32 Å². The number of hydrogen-bond acceptors (Lipinski definition) is 3. The number of carbonyl (C=O) groups is 1. The van der Waals surface area contributed by atoms with Crippen LogP contribution in [0.2, 0.25) is 0 Å². The van der Waals surface area contributed by atoms with Gasteiger partial charge in [0.15, 0.2) is 5.69 Å². The van der Waals surface area contributed by atoms with Gasteiger partial charge in [-0.05, 0) is 74.4 Å². The number of amides is 1. The van der Waals surface area contributed by atoms with Crippen molar-refractivity contribution in [3.05, 3.63) is 76.4 Å². The number of hydrogen-bond donors (Lipinski definition) is 3. The van der Waals surface area contributed by atoms with E-state index >= 15 is 0 Å². The fourth-order valence-corrected chi connectivity index (χ4v) is 4.17. The fourth-order valence-electron chi connectivity index (χ4n) is 4.17. The number of carbonyl (C=O) groups excluding carboxylic acids is 1. The molecule has 30 heavy (non-hydrogen) atoms. The van der Waals surface area contributed by atoms with Gasteiger partial charge < -0.3 is 10.3 Å². The number of nitrogens with one attached hydrogen (secondary N) is 3. The maximum atomic E-state index is 12.6. The van der Waals surface area contributed by atoms with Crippen molar-refractivity contribution in [1.29, 1.82) is 0 Å². The van der Waals surface area contributed by atoms with E-state index in [1.807, 2.05) is 12.1 Å². The molecule has 0 bridgehead atoms. The van der Waals surface area contributed by atoms with E-state index in [0.29, 0.717) is 5.69 Å². The molecule has 0 spiro atoms. The van der Waals surface area contributed by atoms with E-state index < -0.39 is 0 Å². The lowest BCUT2D eigenvalue weighted by atomic mass is 9.96. The molecule has 1 aliphatic rings. The van der Waals surface area contributed by atoms with Crippen LogP contribution in [0.3, 0.4) is 0 Å². The molecule has 0 unspecified atom stereocenters. The van der Waals surface area contributed by atoms with Gasteiger partial charge in [-0.25, -0.2) is 4.98 Å². The smallest absolute Gasteiger partial charge is 0.276 e. The standard InChI is InChI=1S/C24H25N5O/c1-15-6-12-20-21(14-15)27-22(26-20)13-9-16-7-10-17(11-8-16)25-24(30)23-18-4-2-3-5-19(18)28-29-23/h6-8,10-12,14H,2-5,9,13H2,1H3,(H,25,30)(H,26,27)(H,28,29). The quantitative estimate of drug-likeness (QED) is 0.461. The molecule has 6 heteroatoms. The first-order valence-electron chi connectivity index (χ1n) is 10.6. The van der Waals surface area contributed by atoms with Gasteiger partial charge in [-0.1, -0.05) is 18.2 Å². The average Bonchev–Trinajstić information content (AvgIpc) is 3.36. The molecule has 0 radical (unpaired) electrons. The predicted octanol–water partition coefficient (Wildman–Crippen LogP) is 4.51. The Morgan fingerprint density at radius 2 is 1.90 bits per heavy atom. The second-order valence-electron chi connectivity index (χ2n) is 8.09. The number of rotatable bonds is 5. The summed E-state index contributed by atoms with van der Waals surface area (Å²) in [5.74, 6) is 0.857. The van der Waals surface area contributed by atoms with Crippen molar-refractivity contribution in [2.24, 2.45) is 0 Å². The van der Waals surface area contributed by atoms with Crippen molar-refractivity contribution in [2.75, 3.05) is 5.32 Å². The minimum absolute atomic E-state index is 0.139. The molecular weight excluding hydrogens is 374 g/mol. The number of aromatic amines is 2. The van der Waals surface area contributed by atoms with E-state index in [-0.39, 0.29) is 5.91 Å². The summed E-state index contributed by atoms with van der Waals surface area (Å²) >= 11 is 0. The van der Waals surface area contributed by atoms with Crippen molar-refractivity contribution in [3.8, 4) is 0 Å². The predicted molar refractivity (Wildman–Crippen MR) is 118 cm³/mol. The largest absolute Gasteiger partial charge is 0.342 e. The third kappa shape index (κ3) is 3.73. The van der Waals surface area contributed by atoms with Crippen LogP contribution in [0.1, 0.15) is 51.5 Å². The normalized spacial score (nSPS) is 13.4. The molecule has 0 fully saturated rings. The summed E-state index contributed by atoms with van der Waals surface area (Å²) in [5, 5.41) is 10.3. The van der Waals surface area contributed by atoms with Crippen molar-refractivity contribution < 1.29 is 4.79 Å². The zero-order valence-corrected chi connectivity index (χ0v) is 17.1. The van der Waals surface area contributed by atoms with Crippen molar-refractivity contribution in [3.63, 3.8) is 0 Å². The topological polar surface area (TPSA) is 86.5 Å². The zero-order chi connectivity index (χ0) is 20.5. The summed E-state index contributed by atoms with van der Waals surface area (Å²) in [4.78, 5) is 20.7. The molecule has 6 nitrogen and oxygen atoms in total. The molecule has 1 aliphatic carbocycles. The number of fused-ring (bicyclic) bond motifs is 2. The van der Waals surface area contributed by atoms with E-state index in [2.05, 4.69) is 62.7 Å². The lowest BCUT2D eigenvalue weighted by molar-refractivity contribution is 0.102. The van der Waals surface area contributed by atoms with Gasteiger partial charge in [0.1, 0.15) is 5.82 Å².